The molecule has 1 aromatic carbocycles. The van der Waals surface area contributed by atoms with Crippen molar-refractivity contribution >= 4 is 23.3 Å². The zero-order valence-electron chi connectivity index (χ0n) is 18.7. The second-order valence-corrected chi connectivity index (χ2v) is 9.39. The third-order valence-corrected chi connectivity index (χ3v) is 5.74. The van der Waals surface area contributed by atoms with Gasteiger partial charge in [0.1, 0.15) is 5.75 Å². The molecule has 1 saturated heterocycles. The number of pyridine rings is 1. The van der Waals surface area contributed by atoms with Crippen molar-refractivity contribution in [1.29, 1.82) is 0 Å². The summed E-state index contributed by atoms with van der Waals surface area (Å²) in [4.78, 5) is 15.1. The van der Waals surface area contributed by atoms with Crippen LogP contribution in [0.4, 0.5) is 0 Å². The molecule has 0 aliphatic carbocycles. The Morgan fingerprint density at radius 2 is 1.84 bits per heavy atom. The molecule has 0 radical (unpaired) electrons. The fourth-order valence-corrected chi connectivity index (χ4v) is 3.88. The van der Waals surface area contributed by atoms with E-state index in [9.17, 15) is 4.79 Å². The summed E-state index contributed by atoms with van der Waals surface area (Å²) >= 11 is 0. The van der Waals surface area contributed by atoms with Crippen LogP contribution in [0.1, 0.15) is 40.0 Å². The van der Waals surface area contributed by atoms with Gasteiger partial charge in [0.2, 0.25) is 0 Å². The smallest absolute Gasteiger partial charge is 0.258 e. The molecule has 31 heavy (non-hydrogen) atoms. The molecule has 1 fully saturated rings. The van der Waals surface area contributed by atoms with E-state index in [1.807, 2.05) is 24.4 Å². The Kier molecular flexibility index (Phi) is 7.44. The van der Waals surface area contributed by atoms with Crippen molar-refractivity contribution in [2.75, 3.05) is 26.2 Å². The van der Waals surface area contributed by atoms with Crippen LogP contribution in [0, 0.1) is 5.41 Å². The molecule has 0 atom stereocenters. The van der Waals surface area contributed by atoms with Crippen LogP contribution in [0.3, 0.4) is 0 Å². The standard InChI is InChI=1S/C24H32N4O2.ClH/c1-24(2,3)9-15-30-21-8-12-27(23(29)17-21)20-6-7-22-19(16-20)18-25-28(22)14-13-26-10-4-5-11-26;/h6-8,12,16-18H,4-5,9-11,13-15H2,1-3H3;1H. The van der Waals surface area contributed by atoms with Gasteiger partial charge in [-0.15, -0.1) is 12.4 Å². The predicted octanol–water partition coefficient (Wildman–Crippen LogP) is 4.52. The zero-order valence-corrected chi connectivity index (χ0v) is 19.5. The summed E-state index contributed by atoms with van der Waals surface area (Å²) in [5.74, 6) is 0.622. The first-order chi connectivity index (χ1) is 14.4. The second-order valence-electron chi connectivity index (χ2n) is 9.39. The lowest BCUT2D eigenvalue weighted by molar-refractivity contribution is 0.242. The molecule has 2 aromatic heterocycles. The number of likely N-dealkylation sites (tertiary alicyclic amines) is 1. The van der Waals surface area contributed by atoms with Crippen LogP contribution < -0.4 is 10.3 Å². The highest BCUT2D eigenvalue weighted by atomic mass is 35.5. The normalized spacial score (nSPS) is 14.7. The Morgan fingerprint density at radius 3 is 2.55 bits per heavy atom. The molecule has 1 aliphatic heterocycles. The van der Waals surface area contributed by atoms with Gasteiger partial charge in [0.15, 0.2) is 0 Å². The Labute approximate surface area is 190 Å². The van der Waals surface area contributed by atoms with Crippen molar-refractivity contribution in [3.05, 3.63) is 53.1 Å². The molecule has 0 N–H and O–H groups in total. The third-order valence-electron chi connectivity index (χ3n) is 5.74. The molecule has 6 nitrogen and oxygen atoms in total. The Morgan fingerprint density at radius 1 is 1.06 bits per heavy atom. The van der Waals surface area contributed by atoms with Gasteiger partial charge < -0.3 is 9.64 Å². The first-order valence-electron chi connectivity index (χ1n) is 10.9. The highest BCUT2D eigenvalue weighted by Crippen LogP contribution is 2.21. The number of hydrogen-bond acceptors (Lipinski definition) is 4. The van der Waals surface area contributed by atoms with E-state index in [4.69, 9.17) is 4.74 Å². The molecule has 4 rings (SSSR count). The number of ether oxygens (including phenoxy) is 1. The van der Waals surface area contributed by atoms with Crippen LogP contribution in [0.5, 0.6) is 5.75 Å². The zero-order chi connectivity index (χ0) is 21.1. The average molecular weight is 445 g/mol. The maximum atomic E-state index is 12.6. The van der Waals surface area contributed by atoms with Crippen LogP contribution in [0.25, 0.3) is 16.6 Å². The number of aromatic nitrogens is 3. The fraction of sp³-hybridized carbons (Fsp3) is 0.500. The van der Waals surface area contributed by atoms with Gasteiger partial charge in [-0.3, -0.25) is 14.0 Å². The summed E-state index contributed by atoms with van der Waals surface area (Å²) in [5, 5.41) is 5.61. The van der Waals surface area contributed by atoms with Crippen molar-refractivity contribution in [2.45, 2.75) is 46.6 Å². The van der Waals surface area contributed by atoms with Gasteiger partial charge >= 0.3 is 0 Å². The van der Waals surface area contributed by atoms with E-state index < -0.39 is 0 Å². The third kappa shape index (κ3) is 5.89. The highest BCUT2D eigenvalue weighted by molar-refractivity contribution is 5.85. The van der Waals surface area contributed by atoms with Gasteiger partial charge in [0.25, 0.3) is 5.56 Å². The Hall–Kier alpha value is -2.31. The van der Waals surface area contributed by atoms with Crippen LogP contribution in [-0.2, 0) is 6.54 Å². The fourth-order valence-electron chi connectivity index (χ4n) is 3.88. The molecule has 0 saturated carbocycles. The Balaban J connectivity index is 0.00000272. The number of halogens is 1. The lowest BCUT2D eigenvalue weighted by Gasteiger charge is -2.18. The van der Waals surface area contributed by atoms with Crippen molar-refractivity contribution in [3.63, 3.8) is 0 Å². The topological polar surface area (TPSA) is 52.3 Å². The maximum absolute atomic E-state index is 12.6. The van der Waals surface area contributed by atoms with E-state index in [-0.39, 0.29) is 23.4 Å². The molecule has 0 bridgehead atoms. The number of rotatable bonds is 7. The van der Waals surface area contributed by atoms with Crippen molar-refractivity contribution in [2.24, 2.45) is 5.41 Å². The maximum Gasteiger partial charge on any atom is 0.258 e. The van der Waals surface area contributed by atoms with E-state index in [1.54, 1.807) is 16.8 Å². The SMILES string of the molecule is CC(C)(C)CCOc1ccn(-c2ccc3c(cnn3CCN3CCCC3)c2)c(=O)c1.Cl. The quantitative estimate of drug-likeness (QED) is 0.537. The van der Waals surface area contributed by atoms with Crippen molar-refractivity contribution < 1.29 is 4.74 Å². The van der Waals surface area contributed by atoms with Gasteiger partial charge in [-0.05, 0) is 62.0 Å². The van der Waals surface area contributed by atoms with E-state index in [1.165, 1.54) is 25.9 Å². The molecule has 0 unspecified atom stereocenters. The van der Waals surface area contributed by atoms with Crippen LogP contribution in [-0.4, -0.2) is 45.5 Å². The summed E-state index contributed by atoms with van der Waals surface area (Å²) in [6.45, 7) is 11.5. The number of nitrogens with zero attached hydrogens (tertiary/aromatic N) is 4. The van der Waals surface area contributed by atoms with Gasteiger partial charge in [-0.1, -0.05) is 20.8 Å². The van der Waals surface area contributed by atoms with Gasteiger partial charge in [-0.2, -0.15) is 5.10 Å². The molecule has 168 valence electrons. The van der Waals surface area contributed by atoms with Crippen LogP contribution in [0.15, 0.2) is 47.5 Å². The molecule has 0 amide bonds. The molecule has 3 heterocycles. The lowest BCUT2D eigenvalue weighted by atomic mass is 9.93. The van der Waals surface area contributed by atoms with E-state index in [0.29, 0.717) is 12.4 Å². The van der Waals surface area contributed by atoms with Crippen molar-refractivity contribution in [3.8, 4) is 11.4 Å². The van der Waals surface area contributed by atoms with Crippen LogP contribution in [0.2, 0.25) is 0 Å². The number of hydrogen-bond donors (Lipinski definition) is 0. The Bertz CT molecular complexity index is 1060. The first kappa shape index (κ1) is 23.4. The number of benzene rings is 1. The lowest BCUT2D eigenvalue weighted by Crippen LogP contribution is -2.24. The summed E-state index contributed by atoms with van der Waals surface area (Å²) < 4.78 is 9.48. The largest absolute Gasteiger partial charge is 0.493 e. The first-order valence-corrected chi connectivity index (χ1v) is 10.9. The van der Waals surface area contributed by atoms with Gasteiger partial charge in [0, 0.05) is 29.9 Å². The van der Waals surface area contributed by atoms with E-state index >= 15 is 0 Å². The molecule has 0 spiro atoms. The minimum absolute atomic E-state index is 0. The molecule has 3 aromatic rings. The summed E-state index contributed by atoms with van der Waals surface area (Å²) in [5.41, 5.74) is 2.06. The average Bonchev–Trinajstić information content (AvgIpc) is 3.35. The minimum atomic E-state index is -0.0935. The highest BCUT2D eigenvalue weighted by Gasteiger charge is 2.13. The molecule has 1 aliphatic rings. The molecular weight excluding hydrogens is 412 g/mol. The monoisotopic (exact) mass is 444 g/mol. The van der Waals surface area contributed by atoms with E-state index in [2.05, 4.69) is 41.5 Å². The minimum Gasteiger partial charge on any atom is -0.493 e. The summed E-state index contributed by atoms with van der Waals surface area (Å²) in [6.07, 6.45) is 7.22. The molecule has 7 heteroatoms. The number of fused-ring (bicyclic) bond motifs is 1. The van der Waals surface area contributed by atoms with Gasteiger partial charge in [-0.25, -0.2) is 0 Å². The second kappa shape index (κ2) is 9.88. The van der Waals surface area contributed by atoms with Gasteiger partial charge in [0.05, 0.1) is 24.9 Å². The molecular formula is C24H33ClN4O2. The summed E-state index contributed by atoms with van der Waals surface area (Å²) in [6, 6.07) is 9.48. The van der Waals surface area contributed by atoms with Crippen molar-refractivity contribution in [1.82, 2.24) is 19.2 Å². The van der Waals surface area contributed by atoms with E-state index in [0.717, 1.165) is 36.1 Å². The predicted molar refractivity (Wildman–Crippen MR) is 128 cm³/mol. The van der Waals surface area contributed by atoms with Crippen LogP contribution >= 0.6 is 12.4 Å². The summed E-state index contributed by atoms with van der Waals surface area (Å²) in [7, 11) is 0.